The van der Waals surface area contributed by atoms with Crippen molar-refractivity contribution in [2.45, 2.75) is 26.3 Å². The van der Waals surface area contributed by atoms with Crippen molar-refractivity contribution in [2.75, 3.05) is 6.54 Å². The van der Waals surface area contributed by atoms with Gasteiger partial charge in [0.2, 0.25) is 5.91 Å². The average molecular weight is 332 g/mol. The summed E-state index contributed by atoms with van der Waals surface area (Å²) in [6.45, 7) is 3.26. The summed E-state index contributed by atoms with van der Waals surface area (Å²) in [5, 5.41) is 11.8. The van der Waals surface area contributed by atoms with E-state index in [1.165, 1.54) is 0 Å². The number of nitriles is 1. The maximum atomic E-state index is 12.0. The van der Waals surface area contributed by atoms with Gasteiger partial charge in [-0.05, 0) is 43.2 Å². The van der Waals surface area contributed by atoms with Gasteiger partial charge in [0.25, 0.3) is 0 Å². The monoisotopic (exact) mass is 332 g/mol. The van der Waals surface area contributed by atoms with Crippen LogP contribution in [0.5, 0.6) is 0 Å². The first-order valence-corrected chi connectivity index (χ1v) is 8.35. The molecule has 5 heteroatoms. The number of nitrogens with zero attached hydrogens (tertiary/aromatic N) is 3. The average Bonchev–Trinajstić information content (AvgIpc) is 2.96. The van der Waals surface area contributed by atoms with Gasteiger partial charge in [-0.1, -0.05) is 24.3 Å². The highest BCUT2D eigenvalue weighted by Gasteiger charge is 2.07. The minimum atomic E-state index is 0.0337. The number of aromatic nitrogens is 2. The highest BCUT2D eigenvalue weighted by Crippen LogP contribution is 2.14. The van der Waals surface area contributed by atoms with E-state index in [2.05, 4.69) is 20.9 Å². The molecule has 3 rings (SSSR count). The molecule has 0 fully saturated rings. The number of amides is 1. The topological polar surface area (TPSA) is 70.7 Å². The molecule has 0 aliphatic rings. The van der Waals surface area contributed by atoms with E-state index in [1.54, 1.807) is 12.1 Å². The molecule has 0 unspecified atom stereocenters. The highest BCUT2D eigenvalue weighted by atomic mass is 16.1. The summed E-state index contributed by atoms with van der Waals surface area (Å²) < 4.78 is 2.12. The van der Waals surface area contributed by atoms with Crippen LogP contribution in [0.3, 0.4) is 0 Å². The zero-order valence-electron chi connectivity index (χ0n) is 14.2. The Morgan fingerprint density at radius 1 is 1.20 bits per heavy atom. The van der Waals surface area contributed by atoms with Crippen LogP contribution >= 0.6 is 0 Å². The summed E-state index contributed by atoms with van der Waals surface area (Å²) in [4.78, 5) is 16.6. The molecule has 5 nitrogen and oxygen atoms in total. The molecule has 1 amide bonds. The molecule has 0 aliphatic heterocycles. The van der Waals surface area contributed by atoms with Crippen molar-refractivity contribution in [2.24, 2.45) is 0 Å². The number of para-hydroxylation sites is 2. The lowest BCUT2D eigenvalue weighted by molar-refractivity contribution is -0.121. The Morgan fingerprint density at radius 3 is 2.72 bits per heavy atom. The number of nitrogens with one attached hydrogen (secondary N) is 1. The van der Waals surface area contributed by atoms with E-state index in [-0.39, 0.29) is 5.91 Å². The number of carbonyl (C=O) groups excluding carboxylic acids is 1. The summed E-state index contributed by atoms with van der Waals surface area (Å²) in [6.07, 6.45) is 1.11. The molecule has 0 bridgehead atoms. The van der Waals surface area contributed by atoms with Crippen molar-refractivity contribution < 1.29 is 4.79 Å². The predicted octanol–water partition coefficient (Wildman–Crippen LogP) is 2.97. The number of hydrogen-bond donors (Lipinski definition) is 1. The molecular weight excluding hydrogens is 312 g/mol. The largest absolute Gasteiger partial charge is 0.354 e. The van der Waals surface area contributed by atoms with E-state index in [1.807, 2.05) is 43.3 Å². The summed E-state index contributed by atoms with van der Waals surface area (Å²) in [6, 6.07) is 17.4. The third-order valence-corrected chi connectivity index (χ3v) is 4.23. The summed E-state index contributed by atoms with van der Waals surface area (Å²) in [5.74, 6) is 0.986. The van der Waals surface area contributed by atoms with Gasteiger partial charge in [-0.3, -0.25) is 4.79 Å². The molecule has 0 saturated heterocycles. The van der Waals surface area contributed by atoms with Gasteiger partial charge in [0.15, 0.2) is 0 Å². The molecule has 0 radical (unpaired) electrons. The molecule has 1 heterocycles. The van der Waals surface area contributed by atoms with E-state index >= 15 is 0 Å². The molecule has 1 aromatic heterocycles. The van der Waals surface area contributed by atoms with Crippen LogP contribution in [-0.4, -0.2) is 22.0 Å². The number of imidazole rings is 1. The van der Waals surface area contributed by atoms with Gasteiger partial charge < -0.3 is 9.88 Å². The first-order chi connectivity index (χ1) is 12.2. The summed E-state index contributed by atoms with van der Waals surface area (Å²) >= 11 is 0. The Hall–Kier alpha value is -3.13. The minimum Gasteiger partial charge on any atom is -0.354 e. The quantitative estimate of drug-likeness (QED) is 0.754. The third-order valence-electron chi connectivity index (χ3n) is 4.23. The van der Waals surface area contributed by atoms with Gasteiger partial charge in [0.1, 0.15) is 5.82 Å². The van der Waals surface area contributed by atoms with Crippen molar-refractivity contribution in [1.29, 1.82) is 5.26 Å². The zero-order chi connectivity index (χ0) is 17.6. The van der Waals surface area contributed by atoms with E-state index in [0.717, 1.165) is 22.4 Å². The maximum Gasteiger partial charge on any atom is 0.220 e. The van der Waals surface area contributed by atoms with Gasteiger partial charge >= 0.3 is 0 Å². The predicted molar refractivity (Wildman–Crippen MR) is 97.0 cm³/mol. The van der Waals surface area contributed by atoms with Crippen molar-refractivity contribution in [3.8, 4) is 6.07 Å². The smallest absolute Gasteiger partial charge is 0.220 e. The van der Waals surface area contributed by atoms with Gasteiger partial charge in [0, 0.05) is 19.5 Å². The lowest BCUT2D eigenvalue weighted by Crippen LogP contribution is -2.27. The van der Waals surface area contributed by atoms with Crippen molar-refractivity contribution in [1.82, 2.24) is 14.9 Å². The van der Waals surface area contributed by atoms with Gasteiger partial charge in [0.05, 0.1) is 22.7 Å². The third kappa shape index (κ3) is 4.04. The molecule has 2 aromatic carbocycles. The molecule has 126 valence electrons. The second-order valence-electron chi connectivity index (χ2n) is 5.96. The van der Waals surface area contributed by atoms with Gasteiger partial charge in [-0.2, -0.15) is 5.26 Å². The second kappa shape index (κ2) is 7.63. The molecule has 25 heavy (non-hydrogen) atoms. The Morgan fingerprint density at radius 2 is 1.96 bits per heavy atom. The lowest BCUT2D eigenvalue weighted by atomic mass is 10.1. The lowest BCUT2D eigenvalue weighted by Gasteiger charge is -2.09. The minimum absolute atomic E-state index is 0.0337. The van der Waals surface area contributed by atoms with Gasteiger partial charge in [-0.15, -0.1) is 0 Å². The number of hydrogen-bond acceptors (Lipinski definition) is 3. The summed E-state index contributed by atoms with van der Waals surface area (Å²) in [7, 11) is 0. The highest BCUT2D eigenvalue weighted by molar-refractivity contribution is 5.77. The molecule has 0 spiro atoms. The maximum absolute atomic E-state index is 12.0. The Labute approximate surface area is 146 Å². The fourth-order valence-corrected chi connectivity index (χ4v) is 2.88. The van der Waals surface area contributed by atoms with E-state index in [9.17, 15) is 4.79 Å². The van der Waals surface area contributed by atoms with E-state index < -0.39 is 0 Å². The normalized spacial score (nSPS) is 10.6. The zero-order valence-corrected chi connectivity index (χ0v) is 14.2. The first-order valence-electron chi connectivity index (χ1n) is 8.35. The Kier molecular flexibility index (Phi) is 5.10. The fraction of sp³-hybridized carbons (Fsp3) is 0.250. The van der Waals surface area contributed by atoms with Crippen LogP contribution in [-0.2, 0) is 17.8 Å². The Bertz CT molecular complexity index is 919. The molecule has 1 N–H and O–H groups in total. The standard InChI is InChI=1S/C20H20N4O/c1-15-23-18-4-2-3-5-19(18)24(15)13-12-22-20(25)11-10-16-6-8-17(14-21)9-7-16/h2-9H,10-13H2,1H3,(H,22,25). The van der Waals surface area contributed by atoms with Crippen LogP contribution in [0.2, 0.25) is 0 Å². The number of fused-ring (bicyclic) bond motifs is 1. The van der Waals surface area contributed by atoms with Crippen molar-refractivity contribution in [3.05, 3.63) is 65.5 Å². The molecular formula is C20H20N4O. The van der Waals surface area contributed by atoms with Gasteiger partial charge in [-0.25, -0.2) is 4.98 Å². The number of aryl methyl sites for hydroxylation is 2. The molecule has 3 aromatic rings. The second-order valence-corrected chi connectivity index (χ2v) is 5.96. The van der Waals surface area contributed by atoms with Crippen molar-refractivity contribution in [3.63, 3.8) is 0 Å². The van der Waals surface area contributed by atoms with Crippen LogP contribution in [0, 0.1) is 18.3 Å². The van der Waals surface area contributed by atoms with Crippen LogP contribution in [0.4, 0.5) is 0 Å². The van der Waals surface area contributed by atoms with E-state index in [4.69, 9.17) is 5.26 Å². The first kappa shape index (κ1) is 16.7. The fourth-order valence-electron chi connectivity index (χ4n) is 2.88. The molecule has 0 saturated carbocycles. The van der Waals surface area contributed by atoms with Crippen LogP contribution in [0.15, 0.2) is 48.5 Å². The Balaban J connectivity index is 1.49. The van der Waals surface area contributed by atoms with Crippen molar-refractivity contribution >= 4 is 16.9 Å². The van der Waals surface area contributed by atoms with Crippen LogP contribution in [0.1, 0.15) is 23.4 Å². The van der Waals surface area contributed by atoms with Crippen LogP contribution in [0.25, 0.3) is 11.0 Å². The molecule has 0 aliphatic carbocycles. The van der Waals surface area contributed by atoms with E-state index in [0.29, 0.717) is 31.5 Å². The number of rotatable bonds is 6. The SMILES string of the molecule is Cc1nc2ccccc2n1CCNC(=O)CCc1ccc(C#N)cc1. The number of benzene rings is 2. The van der Waals surface area contributed by atoms with Crippen LogP contribution < -0.4 is 5.32 Å². The summed E-state index contributed by atoms with van der Waals surface area (Å²) in [5.41, 5.74) is 3.76. The molecule has 0 atom stereocenters. The number of carbonyl (C=O) groups is 1.